The van der Waals surface area contributed by atoms with E-state index in [0.29, 0.717) is 11.5 Å². The smallest absolute Gasteiger partial charge is 0.104 e. The second kappa shape index (κ2) is 4.09. The van der Waals surface area contributed by atoms with Crippen LogP contribution >= 0.6 is 11.6 Å². The van der Waals surface area contributed by atoms with Gasteiger partial charge in [0.15, 0.2) is 0 Å². The Kier molecular flexibility index (Phi) is 3.27. The summed E-state index contributed by atoms with van der Waals surface area (Å²) in [5.74, 6) is 3.88. The average Bonchev–Trinajstić information content (AvgIpc) is 2.14. The summed E-state index contributed by atoms with van der Waals surface area (Å²) in [7, 11) is 0. The van der Waals surface area contributed by atoms with E-state index in [9.17, 15) is 0 Å². The highest BCUT2D eigenvalue weighted by molar-refractivity contribution is 6.18. The first-order valence-electron chi connectivity index (χ1n) is 6.11. The van der Waals surface area contributed by atoms with Crippen molar-refractivity contribution in [2.75, 3.05) is 5.88 Å². The van der Waals surface area contributed by atoms with E-state index < -0.39 is 0 Å². The summed E-state index contributed by atoms with van der Waals surface area (Å²) in [6.45, 7) is 0. The van der Waals surface area contributed by atoms with Crippen LogP contribution in [0.3, 0.4) is 0 Å². The molecule has 1 unspecified atom stereocenters. The van der Waals surface area contributed by atoms with Crippen molar-refractivity contribution in [3.8, 4) is 0 Å². The van der Waals surface area contributed by atoms with Crippen LogP contribution < -0.4 is 18.1 Å². The van der Waals surface area contributed by atoms with Crippen LogP contribution in [0.1, 0.15) is 38.5 Å². The SMILES string of the molecule is [Cl-].[NH3+]C(CCl)C12CC3CC(CC(C3)C1)C2. The van der Waals surface area contributed by atoms with E-state index in [1.807, 2.05) is 0 Å². The minimum atomic E-state index is 0. The molecule has 4 rings (SSSR count). The molecular weight excluding hydrogens is 229 g/mol. The maximum absolute atomic E-state index is 6.03. The molecule has 0 spiro atoms. The molecule has 15 heavy (non-hydrogen) atoms. The van der Waals surface area contributed by atoms with Gasteiger partial charge in [-0.05, 0) is 56.3 Å². The Labute approximate surface area is 104 Å². The van der Waals surface area contributed by atoms with E-state index >= 15 is 0 Å². The zero-order chi connectivity index (χ0) is 9.76. The summed E-state index contributed by atoms with van der Waals surface area (Å²) in [5, 5.41) is 0. The number of quaternary nitrogens is 1. The summed E-state index contributed by atoms with van der Waals surface area (Å²) in [4.78, 5) is 0. The fourth-order valence-corrected chi connectivity index (χ4v) is 5.17. The van der Waals surface area contributed by atoms with Gasteiger partial charge in [0.1, 0.15) is 6.04 Å². The molecule has 0 saturated heterocycles. The van der Waals surface area contributed by atoms with Crippen LogP contribution in [0.4, 0.5) is 0 Å². The van der Waals surface area contributed by atoms with Gasteiger partial charge in [0.2, 0.25) is 0 Å². The minimum absolute atomic E-state index is 0. The highest BCUT2D eigenvalue weighted by atomic mass is 35.5. The van der Waals surface area contributed by atoms with Crippen molar-refractivity contribution in [3.63, 3.8) is 0 Å². The van der Waals surface area contributed by atoms with Gasteiger partial charge in [0.05, 0.1) is 5.88 Å². The third-order valence-corrected chi connectivity index (χ3v) is 5.51. The average molecular weight is 250 g/mol. The predicted octanol–water partition coefficient (Wildman–Crippen LogP) is -0.944. The topological polar surface area (TPSA) is 27.6 Å². The predicted molar refractivity (Wildman–Crippen MR) is 58.0 cm³/mol. The first-order valence-corrected chi connectivity index (χ1v) is 6.64. The van der Waals surface area contributed by atoms with Crippen LogP contribution in [0.5, 0.6) is 0 Å². The van der Waals surface area contributed by atoms with Gasteiger partial charge in [-0.1, -0.05) is 0 Å². The van der Waals surface area contributed by atoms with Crippen molar-refractivity contribution < 1.29 is 18.1 Å². The zero-order valence-corrected chi connectivity index (χ0v) is 10.7. The molecule has 0 aromatic carbocycles. The second-order valence-corrected chi connectivity index (χ2v) is 6.44. The van der Waals surface area contributed by atoms with Crippen molar-refractivity contribution >= 4 is 11.6 Å². The molecule has 0 heterocycles. The maximum atomic E-state index is 6.03. The van der Waals surface area contributed by atoms with Gasteiger partial charge < -0.3 is 18.1 Å². The van der Waals surface area contributed by atoms with Crippen molar-refractivity contribution in [2.45, 2.75) is 44.6 Å². The molecule has 0 aliphatic heterocycles. The van der Waals surface area contributed by atoms with E-state index in [1.165, 1.54) is 38.5 Å². The molecule has 4 bridgehead atoms. The van der Waals surface area contributed by atoms with Crippen LogP contribution in [0.25, 0.3) is 0 Å². The Morgan fingerprint density at radius 3 is 1.80 bits per heavy atom. The lowest BCUT2D eigenvalue weighted by atomic mass is 9.48. The molecule has 0 radical (unpaired) electrons. The second-order valence-electron chi connectivity index (χ2n) is 6.13. The highest BCUT2D eigenvalue weighted by Crippen LogP contribution is 2.60. The molecule has 3 heteroatoms. The monoisotopic (exact) mass is 249 g/mol. The molecule has 0 aromatic heterocycles. The van der Waals surface area contributed by atoms with Crippen molar-refractivity contribution in [2.24, 2.45) is 23.2 Å². The summed E-state index contributed by atoms with van der Waals surface area (Å²) >= 11 is 6.03. The van der Waals surface area contributed by atoms with Crippen LogP contribution in [0, 0.1) is 23.2 Å². The lowest BCUT2D eigenvalue weighted by Gasteiger charge is -2.57. The number of halogens is 2. The van der Waals surface area contributed by atoms with Crippen LogP contribution in [-0.4, -0.2) is 11.9 Å². The molecule has 4 saturated carbocycles. The van der Waals surface area contributed by atoms with Gasteiger partial charge in [0, 0.05) is 5.41 Å². The summed E-state index contributed by atoms with van der Waals surface area (Å²) in [6, 6.07) is 0.512. The molecule has 1 nitrogen and oxygen atoms in total. The summed E-state index contributed by atoms with van der Waals surface area (Å²) < 4.78 is 0. The van der Waals surface area contributed by atoms with E-state index in [4.69, 9.17) is 11.6 Å². The van der Waals surface area contributed by atoms with Gasteiger partial charge in [0.25, 0.3) is 0 Å². The standard InChI is InChI=1S/C12H20ClN.ClH/c13-7-11(14)12-4-8-1-9(5-12)3-10(2-8)6-12;/h8-11H,1-7,14H2;1H. The van der Waals surface area contributed by atoms with Gasteiger partial charge in [-0.25, -0.2) is 0 Å². The van der Waals surface area contributed by atoms with Crippen LogP contribution in [0.15, 0.2) is 0 Å². The Bertz CT molecular complexity index is 206. The minimum Gasteiger partial charge on any atom is -1.00 e. The van der Waals surface area contributed by atoms with Gasteiger partial charge in [-0.2, -0.15) is 0 Å². The zero-order valence-electron chi connectivity index (χ0n) is 9.22. The van der Waals surface area contributed by atoms with Crippen LogP contribution in [-0.2, 0) is 0 Å². The number of hydrogen-bond donors (Lipinski definition) is 1. The lowest BCUT2D eigenvalue weighted by molar-refractivity contribution is -0.450. The normalized spacial score (nSPS) is 48.8. The largest absolute Gasteiger partial charge is 1.00 e. The number of rotatable bonds is 2. The Hall–Kier alpha value is 0.540. The molecule has 4 aliphatic rings. The molecule has 88 valence electrons. The first kappa shape index (κ1) is 12.0. The quantitative estimate of drug-likeness (QED) is 0.612. The van der Waals surface area contributed by atoms with E-state index in [-0.39, 0.29) is 12.4 Å². The van der Waals surface area contributed by atoms with Gasteiger partial charge in [-0.15, -0.1) is 11.6 Å². The fourth-order valence-electron chi connectivity index (χ4n) is 4.84. The van der Waals surface area contributed by atoms with Crippen molar-refractivity contribution in [1.29, 1.82) is 0 Å². The number of alkyl halides is 1. The van der Waals surface area contributed by atoms with Crippen molar-refractivity contribution in [1.82, 2.24) is 0 Å². The third kappa shape index (κ3) is 1.81. The van der Waals surface area contributed by atoms with E-state index in [2.05, 4.69) is 5.73 Å². The summed E-state index contributed by atoms with van der Waals surface area (Å²) in [5.41, 5.74) is 4.88. The lowest BCUT2D eigenvalue weighted by Crippen LogP contribution is -3.00. The van der Waals surface area contributed by atoms with Gasteiger partial charge in [-0.3, -0.25) is 0 Å². The third-order valence-electron chi connectivity index (χ3n) is 5.14. The van der Waals surface area contributed by atoms with E-state index in [1.54, 1.807) is 0 Å². The molecule has 4 fully saturated rings. The Balaban J connectivity index is 0.000000853. The molecule has 0 amide bonds. The Morgan fingerprint density at radius 2 is 1.47 bits per heavy atom. The van der Waals surface area contributed by atoms with Crippen molar-refractivity contribution in [3.05, 3.63) is 0 Å². The molecule has 1 atom stereocenters. The molecule has 4 aliphatic carbocycles. The first-order chi connectivity index (χ1) is 6.72. The Morgan fingerprint density at radius 1 is 1.07 bits per heavy atom. The molecule has 3 N–H and O–H groups in total. The molecular formula is C12H21Cl2N. The summed E-state index contributed by atoms with van der Waals surface area (Å²) in [6.07, 6.45) is 8.90. The fraction of sp³-hybridized carbons (Fsp3) is 1.00. The van der Waals surface area contributed by atoms with E-state index in [0.717, 1.165) is 23.6 Å². The molecule has 0 aromatic rings. The van der Waals surface area contributed by atoms with Gasteiger partial charge >= 0.3 is 0 Å². The number of hydrogen-bond acceptors (Lipinski definition) is 0. The maximum Gasteiger partial charge on any atom is 0.104 e. The van der Waals surface area contributed by atoms with Crippen LogP contribution in [0.2, 0.25) is 0 Å². The highest BCUT2D eigenvalue weighted by Gasteiger charge is 2.54.